The van der Waals surface area contributed by atoms with Crippen LogP contribution in [-0.2, 0) is 16.1 Å². The minimum atomic E-state index is -0.995. The molecule has 0 fully saturated rings. The van der Waals surface area contributed by atoms with E-state index in [9.17, 15) is 14.0 Å². The maximum Gasteiger partial charge on any atom is 0.348 e. The molecule has 0 saturated heterocycles. The van der Waals surface area contributed by atoms with E-state index in [0.717, 1.165) is 11.3 Å². The van der Waals surface area contributed by atoms with Gasteiger partial charge in [-0.3, -0.25) is 4.79 Å². The Kier molecular flexibility index (Phi) is 5.40. The van der Waals surface area contributed by atoms with Crippen LogP contribution >= 0.6 is 0 Å². The van der Waals surface area contributed by atoms with Crippen molar-refractivity contribution in [2.75, 3.05) is 6.61 Å². The van der Waals surface area contributed by atoms with Gasteiger partial charge in [0.25, 0.3) is 5.56 Å². The van der Waals surface area contributed by atoms with Crippen LogP contribution in [0.3, 0.4) is 0 Å². The Morgan fingerprint density at radius 2 is 1.83 bits per heavy atom. The lowest BCUT2D eigenvalue weighted by Gasteiger charge is -2.18. The second kappa shape index (κ2) is 8.14. The summed E-state index contributed by atoms with van der Waals surface area (Å²) in [5.74, 6) is -1.24. The number of nitrogens with zero attached hydrogens (tertiary/aromatic N) is 1. The molecule has 0 unspecified atom stereocenters. The van der Waals surface area contributed by atoms with E-state index in [-0.39, 0.29) is 12.2 Å². The van der Waals surface area contributed by atoms with Crippen LogP contribution in [-0.4, -0.2) is 23.2 Å². The van der Waals surface area contributed by atoms with Gasteiger partial charge in [0, 0.05) is 11.8 Å². The average Bonchev–Trinajstić information content (AvgIpc) is 3.12. The van der Waals surface area contributed by atoms with Crippen molar-refractivity contribution >= 4 is 5.97 Å². The van der Waals surface area contributed by atoms with Crippen molar-refractivity contribution < 1.29 is 18.7 Å². The van der Waals surface area contributed by atoms with Gasteiger partial charge in [0.2, 0.25) is 6.10 Å². The monoisotopic (exact) mass is 407 g/mol. The third-order valence-corrected chi connectivity index (χ3v) is 5.31. The second-order valence-corrected chi connectivity index (χ2v) is 7.26. The third-order valence-electron chi connectivity index (χ3n) is 5.31. The quantitative estimate of drug-likeness (QED) is 0.604. The van der Waals surface area contributed by atoms with Gasteiger partial charge in [0.05, 0.1) is 24.6 Å². The first kappa shape index (κ1) is 19.9. The van der Waals surface area contributed by atoms with Crippen LogP contribution in [0.25, 0.3) is 0 Å². The Morgan fingerprint density at radius 3 is 2.50 bits per heavy atom. The molecule has 2 heterocycles. The topological polar surface area (TPSA) is 57.5 Å². The van der Waals surface area contributed by atoms with E-state index in [0.29, 0.717) is 23.4 Å². The van der Waals surface area contributed by atoms with Crippen molar-refractivity contribution in [3.05, 3.63) is 99.2 Å². The number of ether oxygens (including phenoxy) is 2. The van der Waals surface area contributed by atoms with Crippen molar-refractivity contribution in [1.29, 1.82) is 0 Å². The molecule has 0 radical (unpaired) electrons. The van der Waals surface area contributed by atoms with Gasteiger partial charge in [-0.2, -0.15) is 0 Å². The number of halogens is 1. The first-order valence-electron chi connectivity index (χ1n) is 9.86. The summed E-state index contributed by atoms with van der Waals surface area (Å²) in [5.41, 5.74) is 2.50. The number of hydrogen-bond acceptors (Lipinski definition) is 4. The Morgan fingerprint density at radius 1 is 1.13 bits per heavy atom. The number of aryl methyl sites for hydroxylation is 1. The zero-order valence-electron chi connectivity index (χ0n) is 16.8. The SMILES string of the molecule is CCOC(=O)[C@@H]1Oc2cc(C)n(Cc3ccccc3)c(=O)c2[C@H]1c1ccc(F)cc1. The molecule has 1 aliphatic rings. The van der Waals surface area contributed by atoms with Gasteiger partial charge in [0.1, 0.15) is 11.6 Å². The zero-order valence-corrected chi connectivity index (χ0v) is 16.8. The van der Waals surface area contributed by atoms with Crippen molar-refractivity contribution in [2.45, 2.75) is 32.4 Å². The molecule has 2 atom stereocenters. The molecule has 5 nitrogen and oxygen atoms in total. The predicted molar refractivity (Wildman–Crippen MR) is 110 cm³/mol. The average molecular weight is 407 g/mol. The molecule has 2 aromatic carbocycles. The summed E-state index contributed by atoms with van der Waals surface area (Å²) in [6.07, 6.45) is -0.995. The zero-order chi connectivity index (χ0) is 21.3. The molecule has 0 bridgehead atoms. The van der Waals surface area contributed by atoms with Crippen LogP contribution in [0.4, 0.5) is 4.39 Å². The van der Waals surface area contributed by atoms with E-state index >= 15 is 0 Å². The number of carbonyl (C=O) groups is 1. The number of hydrogen-bond donors (Lipinski definition) is 0. The molecular weight excluding hydrogens is 385 g/mol. The van der Waals surface area contributed by atoms with Gasteiger partial charge in [-0.15, -0.1) is 0 Å². The number of esters is 1. The first-order chi connectivity index (χ1) is 14.5. The van der Waals surface area contributed by atoms with E-state index < -0.39 is 23.8 Å². The Bertz CT molecular complexity index is 1120. The molecule has 154 valence electrons. The molecular formula is C24H22FNO4. The number of benzene rings is 2. The van der Waals surface area contributed by atoms with Crippen LogP contribution in [0.5, 0.6) is 5.75 Å². The molecule has 0 N–H and O–H groups in total. The number of carbonyl (C=O) groups excluding carboxylic acids is 1. The highest BCUT2D eigenvalue weighted by Crippen LogP contribution is 2.41. The molecule has 3 aromatic rings. The standard InChI is InChI=1S/C24H22FNO4/c1-3-29-24(28)22-20(17-9-11-18(25)12-10-17)21-19(30-22)13-15(2)26(23(21)27)14-16-7-5-4-6-8-16/h4-13,20,22H,3,14H2,1-2H3/t20-,22-/m1/s1. The number of fused-ring (bicyclic) bond motifs is 1. The smallest absolute Gasteiger partial charge is 0.348 e. The minimum Gasteiger partial charge on any atom is -0.477 e. The Hall–Kier alpha value is -3.41. The first-order valence-corrected chi connectivity index (χ1v) is 9.86. The van der Waals surface area contributed by atoms with Crippen molar-refractivity contribution in [3.8, 4) is 5.75 Å². The summed E-state index contributed by atoms with van der Waals surface area (Å²) < 4.78 is 26.2. The van der Waals surface area contributed by atoms with Gasteiger partial charge >= 0.3 is 5.97 Å². The van der Waals surface area contributed by atoms with Gasteiger partial charge in [-0.25, -0.2) is 9.18 Å². The minimum absolute atomic E-state index is 0.197. The highest BCUT2D eigenvalue weighted by Gasteiger charge is 2.44. The lowest BCUT2D eigenvalue weighted by molar-refractivity contribution is -0.151. The molecule has 0 aliphatic carbocycles. The van der Waals surface area contributed by atoms with E-state index in [4.69, 9.17) is 9.47 Å². The summed E-state index contributed by atoms with van der Waals surface area (Å²) >= 11 is 0. The Labute approximate surface area is 173 Å². The molecule has 1 aliphatic heterocycles. The highest BCUT2D eigenvalue weighted by molar-refractivity contribution is 5.79. The van der Waals surface area contributed by atoms with Crippen LogP contribution in [0.2, 0.25) is 0 Å². The van der Waals surface area contributed by atoms with E-state index in [1.807, 2.05) is 37.3 Å². The van der Waals surface area contributed by atoms with E-state index in [1.54, 1.807) is 29.7 Å². The molecule has 0 saturated carbocycles. The summed E-state index contributed by atoms with van der Waals surface area (Å²) in [7, 11) is 0. The van der Waals surface area contributed by atoms with Gasteiger partial charge in [-0.05, 0) is 37.1 Å². The van der Waals surface area contributed by atoms with E-state index in [1.165, 1.54) is 12.1 Å². The lowest BCUT2D eigenvalue weighted by Crippen LogP contribution is -2.33. The second-order valence-electron chi connectivity index (χ2n) is 7.26. The maximum atomic E-state index is 13.5. The lowest BCUT2D eigenvalue weighted by atomic mass is 9.88. The van der Waals surface area contributed by atoms with Gasteiger partial charge in [0.15, 0.2) is 0 Å². The highest BCUT2D eigenvalue weighted by atomic mass is 19.1. The van der Waals surface area contributed by atoms with Crippen LogP contribution < -0.4 is 10.3 Å². The molecule has 1 aromatic heterocycles. The summed E-state index contributed by atoms with van der Waals surface area (Å²) in [4.78, 5) is 26.1. The molecule has 0 spiro atoms. The fourth-order valence-corrected chi connectivity index (χ4v) is 3.88. The maximum absolute atomic E-state index is 13.5. The van der Waals surface area contributed by atoms with Crippen molar-refractivity contribution in [2.24, 2.45) is 0 Å². The summed E-state index contributed by atoms with van der Waals surface area (Å²) in [5, 5.41) is 0. The fourth-order valence-electron chi connectivity index (χ4n) is 3.88. The van der Waals surface area contributed by atoms with Gasteiger partial charge in [-0.1, -0.05) is 42.5 Å². The van der Waals surface area contributed by atoms with Crippen LogP contribution in [0.1, 0.15) is 35.2 Å². The summed E-state index contributed by atoms with van der Waals surface area (Å²) in [6, 6.07) is 17.2. The number of aromatic nitrogens is 1. The molecule has 30 heavy (non-hydrogen) atoms. The van der Waals surface area contributed by atoms with Crippen molar-refractivity contribution in [3.63, 3.8) is 0 Å². The van der Waals surface area contributed by atoms with Crippen molar-refractivity contribution in [1.82, 2.24) is 4.57 Å². The normalized spacial score (nSPS) is 17.3. The summed E-state index contributed by atoms with van der Waals surface area (Å²) in [6.45, 7) is 4.14. The van der Waals surface area contributed by atoms with Crippen LogP contribution in [0, 0.1) is 12.7 Å². The Balaban J connectivity index is 1.84. The molecule has 0 amide bonds. The molecule has 4 rings (SSSR count). The third kappa shape index (κ3) is 3.61. The molecule has 6 heteroatoms. The van der Waals surface area contributed by atoms with Gasteiger partial charge < -0.3 is 14.0 Å². The number of pyridine rings is 1. The fraction of sp³-hybridized carbons (Fsp3) is 0.250. The number of rotatable bonds is 5. The predicted octanol–water partition coefficient (Wildman–Crippen LogP) is 3.80. The van der Waals surface area contributed by atoms with E-state index in [2.05, 4.69) is 0 Å². The van der Waals surface area contributed by atoms with Crippen LogP contribution in [0.15, 0.2) is 65.5 Å². The largest absolute Gasteiger partial charge is 0.477 e.